The molecule has 0 bridgehead atoms. The predicted molar refractivity (Wildman–Crippen MR) is 66.4 cm³/mol. The van der Waals surface area contributed by atoms with Crippen molar-refractivity contribution in [3.8, 4) is 0 Å². The van der Waals surface area contributed by atoms with Gasteiger partial charge >= 0.3 is 0 Å². The number of nitrogens with two attached hydrogens (primary N) is 1. The first kappa shape index (κ1) is 11.4. The number of rotatable bonds is 3. The number of aryl methyl sites for hydroxylation is 2. The summed E-state index contributed by atoms with van der Waals surface area (Å²) in [4.78, 5) is 7.21. The minimum absolute atomic E-state index is 0.436. The monoisotopic (exact) mass is 220 g/mol. The van der Waals surface area contributed by atoms with Gasteiger partial charge in [-0.1, -0.05) is 6.07 Å². The van der Waals surface area contributed by atoms with E-state index in [4.69, 9.17) is 10.7 Å². The molecule has 0 amide bonds. The van der Waals surface area contributed by atoms with Crippen LogP contribution in [-0.2, 0) is 4.84 Å². The Morgan fingerprint density at radius 1 is 1.31 bits per heavy atom. The summed E-state index contributed by atoms with van der Waals surface area (Å²) in [7, 11) is 0. The van der Waals surface area contributed by atoms with Crippen LogP contribution in [0.15, 0.2) is 18.2 Å². The molecule has 3 heteroatoms. The molecule has 0 saturated carbocycles. The van der Waals surface area contributed by atoms with Crippen LogP contribution in [0.1, 0.15) is 24.0 Å². The maximum absolute atomic E-state index is 5.18. The maximum Gasteiger partial charge on any atom is 0.0882 e. The van der Waals surface area contributed by atoms with Gasteiger partial charge in [-0.2, -0.15) is 0 Å². The molecule has 0 aliphatic carbocycles. The Morgan fingerprint density at radius 3 is 2.62 bits per heavy atom. The van der Waals surface area contributed by atoms with Gasteiger partial charge in [0.25, 0.3) is 0 Å². The zero-order chi connectivity index (χ0) is 11.5. The molecule has 3 nitrogen and oxygen atoms in total. The molecule has 0 spiro atoms. The third-order valence-corrected chi connectivity index (χ3v) is 3.20. The second-order valence-corrected chi connectivity index (χ2v) is 4.67. The van der Waals surface area contributed by atoms with Gasteiger partial charge in [0.1, 0.15) is 0 Å². The number of hydrogen-bond acceptors (Lipinski definition) is 3. The largest absolute Gasteiger partial charge is 0.366 e. The number of benzene rings is 1. The lowest BCUT2D eigenvalue weighted by atomic mass is 10.1. The number of anilines is 1. The second-order valence-electron chi connectivity index (χ2n) is 4.67. The van der Waals surface area contributed by atoms with Crippen LogP contribution in [0.25, 0.3) is 0 Å². The van der Waals surface area contributed by atoms with E-state index < -0.39 is 0 Å². The van der Waals surface area contributed by atoms with Gasteiger partial charge in [0.15, 0.2) is 0 Å². The second kappa shape index (κ2) is 4.85. The summed E-state index contributed by atoms with van der Waals surface area (Å²) in [5.41, 5.74) is 3.93. The first-order chi connectivity index (χ1) is 7.70. The number of hydrogen-bond donors (Lipinski definition) is 1. The first-order valence-corrected chi connectivity index (χ1v) is 5.87. The van der Waals surface area contributed by atoms with Crippen LogP contribution in [0.3, 0.4) is 0 Å². The molecule has 1 aromatic rings. The lowest BCUT2D eigenvalue weighted by Crippen LogP contribution is -2.34. The third-order valence-electron chi connectivity index (χ3n) is 3.20. The van der Waals surface area contributed by atoms with Gasteiger partial charge in [0.05, 0.1) is 12.6 Å². The van der Waals surface area contributed by atoms with E-state index in [-0.39, 0.29) is 0 Å². The molecule has 16 heavy (non-hydrogen) atoms. The minimum atomic E-state index is 0.436. The Hall–Kier alpha value is -1.06. The lowest BCUT2D eigenvalue weighted by Gasteiger charge is -2.26. The molecule has 1 aliphatic rings. The summed E-state index contributed by atoms with van der Waals surface area (Å²) in [6.07, 6.45) is 2.39. The van der Waals surface area contributed by atoms with Crippen molar-refractivity contribution in [2.24, 2.45) is 5.90 Å². The van der Waals surface area contributed by atoms with Crippen LogP contribution in [0.5, 0.6) is 0 Å². The smallest absolute Gasteiger partial charge is 0.0882 e. The Kier molecular flexibility index (Phi) is 3.46. The summed E-state index contributed by atoms with van der Waals surface area (Å²) in [5, 5.41) is 0. The van der Waals surface area contributed by atoms with E-state index in [1.54, 1.807) is 0 Å². The zero-order valence-electron chi connectivity index (χ0n) is 10.1. The Balaban J connectivity index is 2.21. The Morgan fingerprint density at radius 2 is 2.00 bits per heavy atom. The van der Waals surface area contributed by atoms with Crippen molar-refractivity contribution in [3.05, 3.63) is 29.3 Å². The van der Waals surface area contributed by atoms with Gasteiger partial charge in [0.2, 0.25) is 0 Å². The fourth-order valence-electron chi connectivity index (χ4n) is 2.58. The van der Waals surface area contributed by atoms with E-state index in [1.165, 1.54) is 29.7 Å². The van der Waals surface area contributed by atoms with E-state index in [0.717, 1.165) is 6.54 Å². The molecule has 0 aromatic heterocycles. The molecule has 2 rings (SSSR count). The van der Waals surface area contributed by atoms with Crippen molar-refractivity contribution >= 4 is 5.69 Å². The van der Waals surface area contributed by atoms with Gasteiger partial charge in [-0.05, 0) is 49.9 Å². The highest BCUT2D eigenvalue weighted by Gasteiger charge is 2.24. The standard InChI is InChI=1S/C13H20N2O/c1-10-6-11(2)8-13(7-10)15-5-3-4-12(15)9-16-14/h6-8,12H,3-5,9,14H2,1-2H3. The van der Waals surface area contributed by atoms with Crippen molar-refractivity contribution in [2.45, 2.75) is 32.7 Å². The average Bonchev–Trinajstić information content (AvgIpc) is 2.65. The van der Waals surface area contributed by atoms with E-state index in [0.29, 0.717) is 12.6 Å². The predicted octanol–water partition coefficient (Wildman–Crippen LogP) is 2.16. The molecule has 1 aromatic carbocycles. The number of nitrogens with zero attached hydrogens (tertiary/aromatic N) is 1. The van der Waals surface area contributed by atoms with E-state index in [1.807, 2.05) is 0 Å². The van der Waals surface area contributed by atoms with E-state index in [9.17, 15) is 0 Å². The van der Waals surface area contributed by atoms with Crippen molar-refractivity contribution < 1.29 is 4.84 Å². The normalized spacial score (nSPS) is 20.4. The Bertz CT molecular complexity index is 345. The SMILES string of the molecule is Cc1cc(C)cc(N2CCCC2CON)c1. The van der Waals surface area contributed by atoms with E-state index >= 15 is 0 Å². The molecule has 1 atom stereocenters. The summed E-state index contributed by atoms with van der Waals surface area (Å²) in [6.45, 7) is 6.01. The third kappa shape index (κ3) is 2.36. The fraction of sp³-hybridized carbons (Fsp3) is 0.538. The van der Waals surface area contributed by atoms with Crippen LogP contribution in [0.2, 0.25) is 0 Å². The highest BCUT2D eigenvalue weighted by molar-refractivity contribution is 5.52. The summed E-state index contributed by atoms with van der Waals surface area (Å²) < 4.78 is 0. The molecule has 1 heterocycles. The molecular formula is C13H20N2O. The van der Waals surface area contributed by atoms with Gasteiger partial charge < -0.3 is 9.74 Å². The van der Waals surface area contributed by atoms with Crippen LogP contribution >= 0.6 is 0 Å². The van der Waals surface area contributed by atoms with Crippen LogP contribution in [0, 0.1) is 13.8 Å². The fourth-order valence-corrected chi connectivity index (χ4v) is 2.58. The quantitative estimate of drug-likeness (QED) is 0.793. The lowest BCUT2D eigenvalue weighted by molar-refractivity contribution is 0.124. The van der Waals surface area contributed by atoms with Crippen LogP contribution in [0.4, 0.5) is 5.69 Å². The molecule has 1 saturated heterocycles. The van der Waals surface area contributed by atoms with Gasteiger partial charge in [-0.25, -0.2) is 5.90 Å². The van der Waals surface area contributed by atoms with Crippen molar-refractivity contribution in [1.82, 2.24) is 0 Å². The molecule has 1 aliphatic heterocycles. The van der Waals surface area contributed by atoms with Crippen molar-refractivity contribution in [3.63, 3.8) is 0 Å². The molecule has 0 radical (unpaired) electrons. The van der Waals surface area contributed by atoms with Crippen LogP contribution in [-0.4, -0.2) is 19.2 Å². The minimum Gasteiger partial charge on any atom is -0.366 e. The van der Waals surface area contributed by atoms with Crippen LogP contribution < -0.4 is 10.8 Å². The summed E-state index contributed by atoms with van der Waals surface area (Å²) in [5.74, 6) is 5.18. The summed E-state index contributed by atoms with van der Waals surface area (Å²) in [6, 6.07) is 7.11. The Labute approximate surface area is 97.1 Å². The van der Waals surface area contributed by atoms with E-state index in [2.05, 4.69) is 36.9 Å². The summed E-state index contributed by atoms with van der Waals surface area (Å²) >= 11 is 0. The van der Waals surface area contributed by atoms with Gasteiger partial charge in [0, 0.05) is 12.2 Å². The highest BCUT2D eigenvalue weighted by atomic mass is 16.6. The molecule has 2 N–H and O–H groups in total. The van der Waals surface area contributed by atoms with Gasteiger partial charge in [-0.15, -0.1) is 0 Å². The average molecular weight is 220 g/mol. The molecular weight excluding hydrogens is 200 g/mol. The molecule has 1 unspecified atom stereocenters. The zero-order valence-corrected chi connectivity index (χ0v) is 10.1. The first-order valence-electron chi connectivity index (χ1n) is 5.87. The molecule has 1 fully saturated rings. The molecule has 88 valence electrons. The maximum atomic E-state index is 5.18. The van der Waals surface area contributed by atoms with Gasteiger partial charge in [-0.3, -0.25) is 0 Å². The van der Waals surface area contributed by atoms with Crippen molar-refractivity contribution in [2.75, 3.05) is 18.1 Å². The van der Waals surface area contributed by atoms with Crippen molar-refractivity contribution in [1.29, 1.82) is 0 Å². The highest BCUT2D eigenvalue weighted by Crippen LogP contribution is 2.27. The topological polar surface area (TPSA) is 38.5 Å².